The summed E-state index contributed by atoms with van der Waals surface area (Å²) in [5.74, 6) is 0.637. The van der Waals surface area contributed by atoms with E-state index in [0.717, 1.165) is 29.8 Å². The summed E-state index contributed by atoms with van der Waals surface area (Å²) >= 11 is 3.47. The first kappa shape index (κ1) is 15.3. The molecular weight excluding hydrogens is 322 g/mol. The molecule has 1 aromatic rings. The van der Waals surface area contributed by atoms with Crippen molar-refractivity contribution < 1.29 is 4.92 Å². The molecule has 20 heavy (non-hydrogen) atoms. The van der Waals surface area contributed by atoms with Crippen molar-refractivity contribution in [1.82, 2.24) is 4.90 Å². The number of aryl methyl sites for hydroxylation is 1. The zero-order chi connectivity index (χ0) is 14.7. The Morgan fingerprint density at radius 2 is 2.10 bits per heavy atom. The van der Waals surface area contributed by atoms with Gasteiger partial charge in [-0.2, -0.15) is 0 Å². The number of piperidine rings is 1. The van der Waals surface area contributed by atoms with Crippen molar-refractivity contribution in [2.75, 3.05) is 32.0 Å². The second-order valence-electron chi connectivity index (χ2n) is 5.50. The van der Waals surface area contributed by atoms with E-state index >= 15 is 0 Å². The summed E-state index contributed by atoms with van der Waals surface area (Å²) in [5, 5.41) is 14.3. The van der Waals surface area contributed by atoms with Crippen LogP contribution >= 0.6 is 15.9 Å². The van der Waals surface area contributed by atoms with Crippen LogP contribution in [0.1, 0.15) is 18.4 Å². The van der Waals surface area contributed by atoms with Crippen LogP contribution in [0, 0.1) is 23.0 Å². The monoisotopic (exact) mass is 341 g/mol. The molecule has 1 aromatic carbocycles. The summed E-state index contributed by atoms with van der Waals surface area (Å²) in [6.07, 6.45) is 2.35. The Bertz CT molecular complexity index is 499. The molecule has 0 bridgehead atoms. The molecule has 0 radical (unpaired) electrons. The predicted molar refractivity (Wildman–Crippen MR) is 84.2 cm³/mol. The summed E-state index contributed by atoms with van der Waals surface area (Å²) in [6.45, 7) is 4.87. The highest BCUT2D eigenvalue weighted by molar-refractivity contribution is 9.10. The van der Waals surface area contributed by atoms with E-state index in [0.29, 0.717) is 11.5 Å². The fraction of sp³-hybridized carbons (Fsp3) is 0.571. The molecule has 0 saturated carbocycles. The van der Waals surface area contributed by atoms with E-state index < -0.39 is 0 Å². The van der Waals surface area contributed by atoms with Crippen LogP contribution in [0.2, 0.25) is 0 Å². The van der Waals surface area contributed by atoms with Crippen LogP contribution in [0.25, 0.3) is 0 Å². The Balaban J connectivity index is 2.02. The van der Waals surface area contributed by atoms with E-state index in [9.17, 15) is 10.1 Å². The molecule has 110 valence electrons. The lowest BCUT2D eigenvalue weighted by Gasteiger charge is -2.29. The van der Waals surface area contributed by atoms with E-state index in [2.05, 4.69) is 33.2 Å². The number of hydrogen-bond donors (Lipinski definition) is 1. The molecule has 0 atom stereocenters. The summed E-state index contributed by atoms with van der Waals surface area (Å²) < 4.78 is 0.883. The number of hydrogen-bond acceptors (Lipinski definition) is 4. The zero-order valence-electron chi connectivity index (χ0n) is 11.9. The lowest BCUT2D eigenvalue weighted by atomic mass is 9.97. The van der Waals surface area contributed by atoms with Gasteiger partial charge in [-0.25, -0.2) is 0 Å². The lowest BCUT2D eigenvalue weighted by Crippen LogP contribution is -2.33. The molecule has 0 aromatic heterocycles. The smallest absolute Gasteiger partial charge is 0.274 e. The van der Waals surface area contributed by atoms with Crippen LogP contribution in [0.4, 0.5) is 11.4 Å². The first-order chi connectivity index (χ1) is 9.47. The van der Waals surface area contributed by atoms with Gasteiger partial charge in [0, 0.05) is 22.6 Å². The second kappa shape index (κ2) is 6.54. The van der Waals surface area contributed by atoms with Crippen LogP contribution < -0.4 is 5.32 Å². The van der Waals surface area contributed by atoms with Gasteiger partial charge in [0.05, 0.1) is 10.6 Å². The van der Waals surface area contributed by atoms with Crippen LogP contribution in [-0.4, -0.2) is 36.5 Å². The minimum Gasteiger partial charge on any atom is -0.384 e. The third-order valence-electron chi connectivity index (χ3n) is 3.90. The molecule has 1 N–H and O–H groups in total. The van der Waals surface area contributed by atoms with Gasteiger partial charge in [0.25, 0.3) is 5.69 Å². The van der Waals surface area contributed by atoms with Gasteiger partial charge in [-0.1, -0.05) is 0 Å². The molecule has 1 fully saturated rings. The van der Waals surface area contributed by atoms with E-state index in [1.54, 1.807) is 19.1 Å². The lowest BCUT2D eigenvalue weighted by molar-refractivity contribution is -0.385. The molecule has 0 aliphatic carbocycles. The molecule has 0 unspecified atom stereocenters. The van der Waals surface area contributed by atoms with Crippen molar-refractivity contribution in [3.8, 4) is 0 Å². The fourth-order valence-electron chi connectivity index (χ4n) is 2.51. The van der Waals surface area contributed by atoms with Crippen molar-refractivity contribution in [1.29, 1.82) is 0 Å². The van der Waals surface area contributed by atoms with Crippen LogP contribution in [0.15, 0.2) is 16.6 Å². The molecule has 1 aliphatic heterocycles. The van der Waals surface area contributed by atoms with Gasteiger partial charge in [-0.15, -0.1) is 0 Å². The maximum absolute atomic E-state index is 11.0. The molecule has 1 heterocycles. The fourth-order valence-corrected chi connectivity index (χ4v) is 3.11. The molecule has 5 nitrogen and oxygen atoms in total. The van der Waals surface area contributed by atoms with E-state index in [-0.39, 0.29) is 10.6 Å². The third-order valence-corrected chi connectivity index (χ3v) is 4.56. The first-order valence-electron chi connectivity index (χ1n) is 6.84. The number of halogens is 1. The largest absolute Gasteiger partial charge is 0.384 e. The Morgan fingerprint density at radius 1 is 1.45 bits per heavy atom. The number of benzene rings is 1. The molecule has 6 heteroatoms. The Hall–Kier alpha value is -1.14. The SMILES string of the molecule is Cc1cc(Br)c(NCC2CCN(C)CC2)cc1[N+](=O)[O-]. The second-order valence-corrected chi connectivity index (χ2v) is 6.36. The normalized spacial score (nSPS) is 17.1. The minimum absolute atomic E-state index is 0.166. The molecule has 0 amide bonds. The standard InChI is InChI=1S/C14H20BrN3O2/c1-10-7-12(15)13(8-14(10)18(19)20)16-9-11-3-5-17(2)6-4-11/h7-8,11,16H,3-6,9H2,1-2H3. The number of anilines is 1. The zero-order valence-corrected chi connectivity index (χ0v) is 13.4. The van der Waals surface area contributed by atoms with Gasteiger partial charge in [-0.3, -0.25) is 10.1 Å². The van der Waals surface area contributed by atoms with Gasteiger partial charge in [0.15, 0.2) is 0 Å². The Labute approximate surface area is 127 Å². The molecule has 0 spiro atoms. The van der Waals surface area contributed by atoms with E-state index in [4.69, 9.17) is 0 Å². The highest BCUT2D eigenvalue weighted by Gasteiger charge is 2.18. The Kier molecular flexibility index (Phi) is 4.99. The average molecular weight is 342 g/mol. The van der Waals surface area contributed by atoms with Crippen LogP contribution in [0.5, 0.6) is 0 Å². The highest BCUT2D eigenvalue weighted by Crippen LogP contribution is 2.31. The average Bonchev–Trinajstić information content (AvgIpc) is 2.39. The molecule has 2 rings (SSSR count). The summed E-state index contributed by atoms with van der Waals surface area (Å²) in [4.78, 5) is 13.0. The van der Waals surface area contributed by atoms with Crippen molar-refractivity contribution in [2.24, 2.45) is 5.92 Å². The van der Waals surface area contributed by atoms with Gasteiger partial charge >= 0.3 is 0 Å². The van der Waals surface area contributed by atoms with Crippen LogP contribution in [-0.2, 0) is 0 Å². The van der Waals surface area contributed by atoms with E-state index in [1.165, 1.54) is 12.8 Å². The quantitative estimate of drug-likeness (QED) is 0.673. The van der Waals surface area contributed by atoms with Crippen molar-refractivity contribution >= 4 is 27.3 Å². The summed E-state index contributed by atoms with van der Waals surface area (Å²) in [7, 11) is 2.14. The number of rotatable bonds is 4. The van der Waals surface area contributed by atoms with Crippen molar-refractivity contribution in [2.45, 2.75) is 19.8 Å². The summed E-state index contributed by atoms with van der Waals surface area (Å²) in [5.41, 5.74) is 1.65. The van der Waals surface area contributed by atoms with Gasteiger partial charge in [0.1, 0.15) is 0 Å². The topological polar surface area (TPSA) is 58.4 Å². The van der Waals surface area contributed by atoms with Crippen molar-refractivity contribution in [3.05, 3.63) is 32.3 Å². The van der Waals surface area contributed by atoms with E-state index in [1.807, 2.05) is 0 Å². The predicted octanol–water partition coefficient (Wildman–Crippen LogP) is 3.42. The number of nitro benzene ring substituents is 1. The van der Waals surface area contributed by atoms with Gasteiger partial charge < -0.3 is 10.2 Å². The molecular formula is C14H20BrN3O2. The number of nitrogens with zero attached hydrogens (tertiary/aromatic N) is 2. The van der Waals surface area contributed by atoms with Gasteiger partial charge in [-0.05, 0) is 67.8 Å². The Morgan fingerprint density at radius 3 is 2.70 bits per heavy atom. The maximum Gasteiger partial charge on any atom is 0.274 e. The van der Waals surface area contributed by atoms with Crippen LogP contribution in [0.3, 0.4) is 0 Å². The molecule has 1 saturated heterocycles. The van der Waals surface area contributed by atoms with Crippen molar-refractivity contribution in [3.63, 3.8) is 0 Å². The first-order valence-corrected chi connectivity index (χ1v) is 7.63. The number of likely N-dealkylation sites (tertiary alicyclic amines) is 1. The highest BCUT2D eigenvalue weighted by atomic mass is 79.9. The number of nitrogens with one attached hydrogen (secondary N) is 1. The minimum atomic E-state index is -0.331. The maximum atomic E-state index is 11.0. The third kappa shape index (κ3) is 3.70. The van der Waals surface area contributed by atoms with Gasteiger partial charge in [0.2, 0.25) is 0 Å². The number of nitro groups is 1. The molecule has 1 aliphatic rings. The summed E-state index contributed by atoms with van der Waals surface area (Å²) in [6, 6.07) is 3.42.